The van der Waals surface area contributed by atoms with E-state index < -0.39 is 0 Å². The Bertz CT molecular complexity index is 617. The van der Waals surface area contributed by atoms with E-state index in [9.17, 15) is 0 Å². The van der Waals surface area contributed by atoms with Crippen molar-refractivity contribution in [1.82, 2.24) is 14.7 Å². The summed E-state index contributed by atoms with van der Waals surface area (Å²) in [5, 5.41) is 0. The van der Waals surface area contributed by atoms with Gasteiger partial charge in [0.1, 0.15) is 0 Å². The molecule has 1 spiro atoms. The van der Waals surface area contributed by atoms with Crippen LogP contribution < -0.4 is 0 Å². The molecule has 0 aromatic heterocycles. The van der Waals surface area contributed by atoms with Crippen molar-refractivity contribution in [1.29, 1.82) is 0 Å². The van der Waals surface area contributed by atoms with Crippen LogP contribution in [-0.4, -0.2) is 66.6 Å². The van der Waals surface area contributed by atoms with Crippen molar-refractivity contribution in [2.45, 2.75) is 71.4 Å². The molecule has 3 heterocycles. The maximum atomic E-state index is 2.87. The Morgan fingerprint density at radius 2 is 1.68 bits per heavy atom. The monoisotopic (exact) mass is 383 g/mol. The quantitative estimate of drug-likeness (QED) is 0.737. The molecule has 1 atom stereocenters. The molecule has 1 aromatic carbocycles. The lowest BCUT2D eigenvalue weighted by atomic mass is 9.79. The van der Waals surface area contributed by atoms with Gasteiger partial charge < -0.3 is 4.90 Å². The Hall–Kier alpha value is -0.900. The first-order valence-corrected chi connectivity index (χ1v) is 11.8. The van der Waals surface area contributed by atoms with E-state index in [-0.39, 0.29) is 0 Å². The second-order valence-corrected chi connectivity index (χ2v) is 10.1. The first kappa shape index (κ1) is 20.4. The van der Waals surface area contributed by atoms with E-state index in [0.29, 0.717) is 11.3 Å². The van der Waals surface area contributed by atoms with Gasteiger partial charge in [-0.25, -0.2) is 0 Å². The standard InChI is InChI=1S/C25H41N3/c1-4-26-15-10-24(11-16-26)28-17-13-25(20-28)12-5-14-27(19-25)18-22-6-8-23(9-7-22)21(2)3/h6-9,21,24H,4-5,10-20H2,1-3H3. The van der Waals surface area contributed by atoms with E-state index in [2.05, 4.69) is 59.7 Å². The molecule has 3 nitrogen and oxygen atoms in total. The van der Waals surface area contributed by atoms with Gasteiger partial charge in [-0.2, -0.15) is 0 Å². The zero-order valence-electron chi connectivity index (χ0n) is 18.5. The lowest BCUT2D eigenvalue weighted by Gasteiger charge is -2.42. The number of benzene rings is 1. The molecular formula is C25H41N3. The number of piperidine rings is 2. The smallest absolute Gasteiger partial charge is 0.0233 e. The van der Waals surface area contributed by atoms with Crippen LogP contribution in [0.5, 0.6) is 0 Å². The van der Waals surface area contributed by atoms with Gasteiger partial charge in [0.25, 0.3) is 0 Å². The fraction of sp³-hybridized carbons (Fsp3) is 0.760. The normalized spacial score (nSPS) is 28.6. The summed E-state index contributed by atoms with van der Waals surface area (Å²) in [4.78, 5) is 8.24. The van der Waals surface area contributed by atoms with Crippen molar-refractivity contribution in [3.05, 3.63) is 35.4 Å². The van der Waals surface area contributed by atoms with Crippen LogP contribution in [0.3, 0.4) is 0 Å². The minimum atomic E-state index is 0.567. The maximum absolute atomic E-state index is 2.87. The molecule has 0 aliphatic carbocycles. The van der Waals surface area contributed by atoms with E-state index in [1.807, 2.05) is 0 Å². The van der Waals surface area contributed by atoms with Crippen LogP contribution in [0, 0.1) is 5.41 Å². The molecule has 1 aromatic rings. The minimum Gasteiger partial charge on any atom is -0.303 e. The molecular weight excluding hydrogens is 342 g/mol. The molecule has 0 bridgehead atoms. The Labute approximate surface area is 173 Å². The van der Waals surface area contributed by atoms with Crippen LogP contribution in [0.25, 0.3) is 0 Å². The summed E-state index contributed by atoms with van der Waals surface area (Å²) < 4.78 is 0. The average Bonchev–Trinajstić information content (AvgIpc) is 3.11. The summed E-state index contributed by atoms with van der Waals surface area (Å²) in [5.74, 6) is 0.626. The highest BCUT2D eigenvalue weighted by Gasteiger charge is 2.43. The average molecular weight is 384 g/mol. The van der Waals surface area contributed by atoms with Crippen LogP contribution in [0.15, 0.2) is 24.3 Å². The number of hydrogen-bond donors (Lipinski definition) is 0. The Kier molecular flexibility index (Phi) is 6.44. The van der Waals surface area contributed by atoms with Crippen molar-refractivity contribution < 1.29 is 0 Å². The molecule has 3 aliphatic heterocycles. The molecule has 0 saturated carbocycles. The summed E-state index contributed by atoms with van der Waals surface area (Å²) in [7, 11) is 0. The van der Waals surface area contributed by atoms with E-state index in [0.717, 1.165) is 12.6 Å². The van der Waals surface area contributed by atoms with Crippen molar-refractivity contribution in [3.8, 4) is 0 Å². The van der Waals surface area contributed by atoms with E-state index in [1.165, 1.54) is 89.0 Å². The molecule has 0 radical (unpaired) electrons. The molecule has 3 aliphatic rings. The van der Waals surface area contributed by atoms with E-state index in [4.69, 9.17) is 0 Å². The molecule has 4 rings (SSSR count). The molecule has 0 N–H and O–H groups in total. The van der Waals surface area contributed by atoms with Gasteiger partial charge in [-0.15, -0.1) is 0 Å². The summed E-state index contributed by atoms with van der Waals surface area (Å²) in [6, 6.07) is 10.2. The van der Waals surface area contributed by atoms with Crippen molar-refractivity contribution in [2.75, 3.05) is 45.8 Å². The van der Waals surface area contributed by atoms with Gasteiger partial charge in [-0.3, -0.25) is 9.80 Å². The van der Waals surface area contributed by atoms with Crippen LogP contribution >= 0.6 is 0 Å². The first-order chi connectivity index (χ1) is 13.6. The second-order valence-electron chi connectivity index (χ2n) is 10.1. The predicted octanol–water partition coefficient (Wildman–Crippen LogP) is 4.58. The number of rotatable bonds is 5. The Balaban J connectivity index is 1.32. The Morgan fingerprint density at radius 1 is 0.929 bits per heavy atom. The molecule has 28 heavy (non-hydrogen) atoms. The van der Waals surface area contributed by atoms with Crippen LogP contribution in [0.1, 0.15) is 69.9 Å². The molecule has 156 valence electrons. The predicted molar refractivity (Wildman–Crippen MR) is 119 cm³/mol. The summed E-state index contributed by atoms with van der Waals surface area (Å²) in [6.45, 7) is 17.1. The second kappa shape index (κ2) is 8.85. The fourth-order valence-corrected chi connectivity index (χ4v) is 5.93. The summed E-state index contributed by atoms with van der Waals surface area (Å²) in [5.41, 5.74) is 3.51. The van der Waals surface area contributed by atoms with Gasteiger partial charge in [0.2, 0.25) is 0 Å². The van der Waals surface area contributed by atoms with Crippen LogP contribution in [0.2, 0.25) is 0 Å². The van der Waals surface area contributed by atoms with Crippen molar-refractivity contribution >= 4 is 0 Å². The molecule has 1 unspecified atom stereocenters. The third-order valence-electron chi connectivity index (χ3n) is 7.78. The third-order valence-corrected chi connectivity index (χ3v) is 7.78. The SMILES string of the molecule is CCN1CCC(N2CCC3(CCCN(Cc4ccc(C(C)C)cc4)C3)C2)CC1. The van der Waals surface area contributed by atoms with E-state index in [1.54, 1.807) is 0 Å². The van der Waals surface area contributed by atoms with Crippen LogP contribution in [-0.2, 0) is 6.54 Å². The zero-order valence-corrected chi connectivity index (χ0v) is 18.5. The summed E-state index contributed by atoms with van der Waals surface area (Å²) >= 11 is 0. The highest BCUT2D eigenvalue weighted by atomic mass is 15.2. The number of hydrogen-bond acceptors (Lipinski definition) is 3. The van der Waals surface area contributed by atoms with Gasteiger partial charge in [-0.1, -0.05) is 45.0 Å². The van der Waals surface area contributed by atoms with Gasteiger partial charge in [0.05, 0.1) is 0 Å². The molecule has 3 saturated heterocycles. The largest absolute Gasteiger partial charge is 0.303 e. The maximum Gasteiger partial charge on any atom is 0.0233 e. The molecule has 0 amide bonds. The fourth-order valence-electron chi connectivity index (χ4n) is 5.93. The topological polar surface area (TPSA) is 9.72 Å². The first-order valence-electron chi connectivity index (χ1n) is 11.8. The molecule has 3 fully saturated rings. The lowest BCUT2D eigenvalue weighted by Crippen LogP contribution is -2.47. The van der Waals surface area contributed by atoms with Gasteiger partial charge in [0, 0.05) is 25.7 Å². The van der Waals surface area contributed by atoms with Gasteiger partial charge in [0.15, 0.2) is 0 Å². The van der Waals surface area contributed by atoms with E-state index >= 15 is 0 Å². The number of nitrogens with zero attached hydrogens (tertiary/aromatic N) is 3. The molecule has 3 heteroatoms. The van der Waals surface area contributed by atoms with Crippen LogP contribution in [0.4, 0.5) is 0 Å². The van der Waals surface area contributed by atoms with Crippen molar-refractivity contribution in [2.24, 2.45) is 5.41 Å². The number of likely N-dealkylation sites (tertiary alicyclic amines) is 3. The summed E-state index contributed by atoms with van der Waals surface area (Å²) in [6.07, 6.45) is 7.02. The van der Waals surface area contributed by atoms with Gasteiger partial charge in [-0.05, 0) is 87.3 Å². The highest BCUT2D eigenvalue weighted by Crippen LogP contribution is 2.41. The lowest BCUT2D eigenvalue weighted by molar-refractivity contribution is 0.0704. The van der Waals surface area contributed by atoms with Gasteiger partial charge >= 0.3 is 0 Å². The minimum absolute atomic E-state index is 0.567. The highest BCUT2D eigenvalue weighted by molar-refractivity contribution is 5.24. The Morgan fingerprint density at radius 3 is 2.36 bits per heavy atom. The third kappa shape index (κ3) is 4.63. The zero-order chi connectivity index (χ0) is 19.6. The van der Waals surface area contributed by atoms with Crippen molar-refractivity contribution in [3.63, 3.8) is 0 Å².